The SMILES string of the molecule is COc1cc(O)c([C@H]2C3=CC[C@@H]4C(=O)N(c5cc(C(F)(F)F)cc(C(F)(F)F)c5)C(=O)[C@@H]4[C@@H]3C[C@H]3C(=O)N(c4ccc(F)c(Cl)c4)C(=O)[C@@]23C)c(OC)c1. The zero-order chi connectivity index (χ0) is 39.4. The summed E-state index contributed by atoms with van der Waals surface area (Å²) in [6.07, 6.45) is -9.46. The molecule has 2 aliphatic carbocycles. The van der Waals surface area contributed by atoms with Gasteiger partial charge in [-0.1, -0.05) is 23.3 Å². The number of allylic oxidation sites excluding steroid dienone is 2. The average Bonchev–Trinajstić information content (AvgIpc) is 3.47. The van der Waals surface area contributed by atoms with Crippen LogP contribution in [0.2, 0.25) is 5.02 Å². The summed E-state index contributed by atoms with van der Waals surface area (Å²) in [5.74, 6) is -11.0. The Hall–Kier alpha value is -5.12. The predicted molar refractivity (Wildman–Crippen MR) is 176 cm³/mol. The molecular weight excluding hydrogens is 753 g/mol. The summed E-state index contributed by atoms with van der Waals surface area (Å²) < 4.78 is 108. The number of nitrogens with zero attached hydrogens (tertiary/aromatic N) is 2. The standard InChI is InChI=1S/C37H28ClF7N2O7/c1-35-23(32(50)47(34(35)52)17-4-7-25(39)24(38)11-17)14-22-20(30(35)29-26(48)12-19(53-2)13-27(29)54-3)5-6-21-28(22)33(51)46(31(21)49)18-9-15(36(40,41)42)8-16(10-18)37(43,44)45/h4-5,7-13,21-23,28,30,48H,6,14H2,1-3H3/t21-,22+,23-,28-,30+,35+/m0/s1. The minimum atomic E-state index is -5.26. The summed E-state index contributed by atoms with van der Waals surface area (Å²) in [5.41, 5.74) is -5.86. The van der Waals surface area contributed by atoms with Crippen molar-refractivity contribution < 1.29 is 64.5 Å². The summed E-state index contributed by atoms with van der Waals surface area (Å²) >= 11 is 6.02. The molecule has 284 valence electrons. The smallest absolute Gasteiger partial charge is 0.416 e. The lowest BCUT2D eigenvalue weighted by molar-refractivity contribution is -0.143. The number of amides is 4. The van der Waals surface area contributed by atoms with E-state index in [0.717, 1.165) is 17.0 Å². The number of fused-ring (bicyclic) bond motifs is 4. The Morgan fingerprint density at radius 1 is 0.815 bits per heavy atom. The number of aromatic hydroxyl groups is 1. The van der Waals surface area contributed by atoms with Crippen LogP contribution in [-0.4, -0.2) is 43.0 Å². The number of phenols is 1. The van der Waals surface area contributed by atoms with Crippen molar-refractivity contribution in [2.75, 3.05) is 24.0 Å². The second-order valence-corrected chi connectivity index (χ2v) is 14.2. The largest absolute Gasteiger partial charge is 0.507 e. The van der Waals surface area contributed by atoms with Gasteiger partial charge in [0.05, 0.1) is 64.9 Å². The van der Waals surface area contributed by atoms with Crippen LogP contribution in [0.15, 0.2) is 60.2 Å². The van der Waals surface area contributed by atoms with Crippen molar-refractivity contribution in [3.05, 3.63) is 87.7 Å². The Bertz CT molecular complexity index is 2160. The Balaban J connectivity index is 1.40. The lowest BCUT2D eigenvalue weighted by Gasteiger charge is -2.49. The van der Waals surface area contributed by atoms with Crippen LogP contribution >= 0.6 is 11.6 Å². The van der Waals surface area contributed by atoms with Crippen molar-refractivity contribution in [2.24, 2.45) is 29.1 Å². The monoisotopic (exact) mass is 780 g/mol. The van der Waals surface area contributed by atoms with Gasteiger partial charge in [-0.25, -0.2) is 14.2 Å². The molecule has 2 aliphatic heterocycles. The molecule has 1 N–H and O–H groups in total. The first-order chi connectivity index (χ1) is 25.2. The molecule has 2 saturated heterocycles. The van der Waals surface area contributed by atoms with Crippen molar-refractivity contribution in [1.82, 2.24) is 0 Å². The van der Waals surface area contributed by atoms with E-state index in [1.54, 1.807) is 6.08 Å². The van der Waals surface area contributed by atoms with Gasteiger partial charge in [0, 0.05) is 23.6 Å². The molecule has 0 radical (unpaired) electrons. The van der Waals surface area contributed by atoms with Crippen LogP contribution in [0.4, 0.5) is 42.1 Å². The van der Waals surface area contributed by atoms with Gasteiger partial charge in [-0.2, -0.15) is 26.3 Å². The average molecular weight is 781 g/mol. The van der Waals surface area contributed by atoms with Crippen molar-refractivity contribution >= 4 is 46.6 Å². The van der Waals surface area contributed by atoms with E-state index in [1.807, 2.05) is 0 Å². The number of halogens is 8. The third-order valence-corrected chi connectivity index (χ3v) is 11.4. The van der Waals surface area contributed by atoms with Crippen molar-refractivity contribution in [2.45, 2.75) is 38.0 Å². The van der Waals surface area contributed by atoms with E-state index in [-0.39, 0.29) is 41.7 Å². The number of rotatable bonds is 5. The Morgan fingerprint density at radius 2 is 1.46 bits per heavy atom. The van der Waals surface area contributed by atoms with E-state index in [2.05, 4.69) is 0 Å². The van der Waals surface area contributed by atoms with Crippen LogP contribution in [0.5, 0.6) is 17.2 Å². The maximum absolute atomic E-state index is 14.6. The zero-order valence-corrected chi connectivity index (χ0v) is 29.1. The second-order valence-electron chi connectivity index (χ2n) is 13.8. The topological polar surface area (TPSA) is 113 Å². The number of carbonyl (C=O) groups excluding carboxylic acids is 4. The third kappa shape index (κ3) is 5.42. The first-order valence-electron chi connectivity index (χ1n) is 16.4. The predicted octanol–water partition coefficient (Wildman–Crippen LogP) is 7.67. The van der Waals surface area contributed by atoms with E-state index in [1.165, 1.54) is 39.3 Å². The fourth-order valence-electron chi connectivity index (χ4n) is 8.68. The summed E-state index contributed by atoms with van der Waals surface area (Å²) in [4.78, 5) is 58.4. The number of imide groups is 2. The first-order valence-corrected chi connectivity index (χ1v) is 16.8. The van der Waals surface area contributed by atoms with Gasteiger partial charge in [0.15, 0.2) is 0 Å². The van der Waals surface area contributed by atoms with Crippen LogP contribution in [-0.2, 0) is 31.5 Å². The maximum atomic E-state index is 14.6. The summed E-state index contributed by atoms with van der Waals surface area (Å²) in [5, 5.41) is 11.1. The molecular formula is C37H28ClF7N2O7. The summed E-state index contributed by atoms with van der Waals surface area (Å²) in [6, 6.07) is 6.33. The molecule has 0 unspecified atom stereocenters. The van der Waals surface area contributed by atoms with Gasteiger partial charge >= 0.3 is 12.4 Å². The normalized spacial score (nSPS) is 26.8. The van der Waals surface area contributed by atoms with Crippen molar-refractivity contribution in [3.63, 3.8) is 0 Å². The zero-order valence-electron chi connectivity index (χ0n) is 28.3. The Kier molecular flexibility index (Phi) is 8.59. The lowest BCUT2D eigenvalue weighted by Crippen LogP contribution is -2.49. The number of hydrogen-bond donors (Lipinski definition) is 1. The maximum Gasteiger partial charge on any atom is 0.416 e. The molecule has 2 heterocycles. The van der Waals surface area contributed by atoms with Crippen molar-refractivity contribution in [3.8, 4) is 17.2 Å². The fraction of sp³-hybridized carbons (Fsp3) is 0.351. The number of anilines is 2. The Morgan fingerprint density at radius 3 is 2.04 bits per heavy atom. The lowest BCUT2D eigenvalue weighted by atomic mass is 9.51. The van der Waals surface area contributed by atoms with Crippen LogP contribution < -0.4 is 19.3 Å². The third-order valence-electron chi connectivity index (χ3n) is 11.1. The molecule has 3 fully saturated rings. The number of hydrogen-bond acceptors (Lipinski definition) is 7. The number of carbonyl (C=O) groups is 4. The Labute approximate surface area is 306 Å². The molecule has 4 aliphatic rings. The summed E-state index contributed by atoms with van der Waals surface area (Å²) in [7, 11) is 2.60. The van der Waals surface area contributed by atoms with Gasteiger partial charge in [0.1, 0.15) is 23.1 Å². The number of ether oxygens (including phenoxy) is 2. The highest BCUT2D eigenvalue weighted by Crippen LogP contribution is 2.66. The quantitative estimate of drug-likeness (QED) is 0.161. The second kappa shape index (κ2) is 12.5. The van der Waals surface area contributed by atoms with E-state index >= 15 is 0 Å². The minimum Gasteiger partial charge on any atom is -0.507 e. The minimum absolute atomic E-state index is 0.0154. The number of methoxy groups -OCH3 is 2. The van der Waals surface area contributed by atoms with Crippen molar-refractivity contribution in [1.29, 1.82) is 0 Å². The molecule has 3 aromatic rings. The number of alkyl halides is 6. The molecule has 0 spiro atoms. The highest BCUT2D eigenvalue weighted by molar-refractivity contribution is 6.32. The molecule has 0 bridgehead atoms. The van der Waals surface area contributed by atoms with Crippen LogP contribution in [0.25, 0.3) is 0 Å². The van der Waals surface area contributed by atoms with Gasteiger partial charge in [-0.3, -0.25) is 19.2 Å². The molecule has 7 rings (SSSR count). The van der Waals surface area contributed by atoms with Gasteiger partial charge < -0.3 is 14.6 Å². The molecule has 54 heavy (non-hydrogen) atoms. The highest BCUT2D eigenvalue weighted by Gasteiger charge is 2.68. The van der Waals surface area contributed by atoms with E-state index in [0.29, 0.717) is 22.6 Å². The number of phenolic OH excluding ortho intramolecular Hbond substituents is 1. The molecule has 3 aromatic carbocycles. The van der Waals surface area contributed by atoms with E-state index < -0.39 is 104 Å². The molecule has 17 heteroatoms. The van der Waals surface area contributed by atoms with Crippen LogP contribution in [0.1, 0.15) is 42.4 Å². The van der Waals surface area contributed by atoms with Crippen LogP contribution in [0.3, 0.4) is 0 Å². The number of benzene rings is 3. The summed E-state index contributed by atoms with van der Waals surface area (Å²) in [6.45, 7) is 1.48. The molecule has 4 amide bonds. The molecule has 9 nitrogen and oxygen atoms in total. The van der Waals surface area contributed by atoms with Gasteiger partial charge in [0.25, 0.3) is 0 Å². The van der Waals surface area contributed by atoms with Crippen LogP contribution in [0, 0.1) is 34.9 Å². The van der Waals surface area contributed by atoms with E-state index in [9.17, 15) is 55.0 Å². The fourth-order valence-corrected chi connectivity index (χ4v) is 8.85. The first kappa shape index (κ1) is 37.2. The molecule has 6 atom stereocenters. The van der Waals surface area contributed by atoms with E-state index in [4.69, 9.17) is 21.1 Å². The van der Waals surface area contributed by atoms with Gasteiger partial charge in [-0.15, -0.1) is 0 Å². The molecule has 0 aromatic heterocycles. The van der Waals surface area contributed by atoms with Gasteiger partial charge in [-0.05, 0) is 62.1 Å². The molecule has 1 saturated carbocycles. The highest BCUT2D eigenvalue weighted by atomic mass is 35.5. The van der Waals surface area contributed by atoms with Gasteiger partial charge in [0.2, 0.25) is 23.6 Å².